The van der Waals surface area contributed by atoms with Crippen molar-refractivity contribution in [1.29, 1.82) is 0 Å². The van der Waals surface area contributed by atoms with Crippen molar-refractivity contribution >= 4 is 0 Å². The maximum Gasteiger partial charge on any atom is 0.201 e. The Bertz CT molecular complexity index is 1060. The number of ether oxygens (including phenoxy) is 3. The number of benzene rings is 2. The predicted octanol–water partition coefficient (Wildman–Crippen LogP) is 7.80. The molecule has 0 N–H and O–H groups in total. The molecule has 2 heterocycles. The Morgan fingerprint density at radius 1 is 0.811 bits per heavy atom. The van der Waals surface area contributed by atoms with Crippen LogP contribution in [0, 0.1) is 35.1 Å². The molecular weight excluding hydrogens is 484 g/mol. The van der Waals surface area contributed by atoms with Crippen LogP contribution in [-0.2, 0) is 15.9 Å². The first-order valence-corrected chi connectivity index (χ1v) is 13.3. The highest BCUT2D eigenvalue weighted by Gasteiger charge is 2.32. The lowest BCUT2D eigenvalue weighted by Crippen LogP contribution is -2.36. The first-order valence-electron chi connectivity index (χ1n) is 13.3. The minimum absolute atomic E-state index is 0.0131. The Labute approximate surface area is 216 Å². The first-order chi connectivity index (χ1) is 17.9. The molecule has 2 saturated heterocycles. The molecule has 202 valence electrons. The zero-order chi connectivity index (χ0) is 26.4. The highest BCUT2D eigenvalue weighted by atomic mass is 19.2. The van der Waals surface area contributed by atoms with Crippen LogP contribution in [0.15, 0.2) is 36.9 Å². The Morgan fingerprint density at radius 2 is 1.41 bits per heavy atom. The molecule has 3 nitrogen and oxygen atoms in total. The van der Waals surface area contributed by atoms with E-state index in [1.54, 1.807) is 6.92 Å². The fourth-order valence-corrected chi connectivity index (χ4v) is 5.47. The van der Waals surface area contributed by atoms with E-state index < -0.39 is 23.3 Å². The van der Waals surface area contributed by atoms with Crippen LogP contribution in [0.1, 0.15) is 57.4 Å². The lowest BCUT2D eigenvalue weighted by Gasteiger charge is -2.38. The van der Waals surface area contributed by atoms with Crippen LogP contribution in [0.4, 0.5) is 17.6 Å². The monoisotopic (exact) mass is 520 g/mol. The van der Waals surface area contributed by atoms with Gasteiger partial charge in [0.15, 0.2) is 23.2 Å². The lowest BCUT2D eigenvalue weighted by atomic mass is 9.81. The van der Waals surface area contributed by atoms with Crippen molar-refractivity contribution in [3.63, 3.8) is 0 Å². The SMILES string of the molecule is C=CCCC1CCC(C2CCC(CCc3ccc(-c4ccc(OCC)c(F)c4F)c(F)c3F)OC2)CO1. The number of hydrogen-bond donors (Lipinski definition) is 0. The zero-order valence-corrected chi connectivity index (χ0v) is 21.4. The van der Waals surface area contributed by atoms with E-state index in [0.29, 0.717) is 37.4 Å². The van der Waals surface area contributed by atoms with E-state index in [0.717, 1.165) is 45.1 Å². The summed E-state index contributed by atoms with van der Waals surface area (Å²) < 4.78 is 75.7. The summed E-state index contributed by atoms with van der Waals surface area (Å²) in [6.07, 6.45) is 9.27. The summed E-state index contributed by atoms with van der Waals surface area (Å²) in [4.78, 5) is 0. The van der Waals surface area contributed by atoms with Crippen molar-refractivity contribution in [1.82, 2.24) is 0 Å². The number of aryl methyl sites for hydroxylation is 1. The van der Waals surface area contributed by atoms with Crippen LogP contribution in [-0.4, -0.2) is 32.0 Å². The molecule has 4 unspecified atom stereocenters. The quantitative estimate of drug-likeness (QED) is 0.236. The van der Waals surface area contributed by atoms with Gasteiger partial charge in [-0.25, -0.2) is 13.2 Å². The van der Waals surface area contributed by atoms with Gasteiger partial charge in [0.2, 0.25) is 5.82 Å². The fourth-order valence-electron chi connectivity index (χ4n) is 5.47. The van der Waals surface area contributed by atoms with E-state index in [1.165, 1.54) is 24.3 Å². The normalized spacial score (nSPS) is 24.1. The molecule has 2 aliphatic heterocycles. The molecule has 4 rings (SSSR count). The van der Waals surface area contributed by atoms with Crippen molar-refractivity contribution in [2.45, 2.75) is 70.5 Å². The van der Waals surface area contributed by atoms with Gasteiger partial charge in [-0.1, -0.05) is 18.2 Å². The van der Waals surface area contributed by atoms with Crippen molar-refractivity contribution in [3.8, 4) is 16.9 Å². The summed E-state index contributed by atoms with van der Waals surface area (Å²) in [5.41, 5.74) is -0.465. The molecule has 37 heavy (non-hydrogen) atoms. The second-order valence-electron chi connectivity index (χ2n) is 10.1. The van der Waals surface area contributed by atoms with Crippen LogP contribution in [0.25, 0.3) is 11.1 Å². The van der Waals surface area contributed by atoms with E-state index in [2.05, 4.69) is 6.58 Å². The van der Waals surface area contributed by atoms with E-state index in [-0.39, 0.29) is 35.2 Å². The number of rotatable bonds is 10. The third-order valence-corrected chi connectivity index (χ3v) is 7.71. The van der Waals surface area contributed by atoms with Crippen molar-refractivity contribution in [2.24, 2.45) is 11.8 Å². The Morgan fingerprint density at radius 3 is 1.97 bits per heavy atom. The highest BCUT2D eigenvalue weighted by Crippen LogP contribution is 2.36. The van der Waals surface area contributed by atoms with E-state index in [1.807, 2.05) is 6.08 Å². The van der Waals surface area contributed by atoms with Crippen molar-refractivity contribution in [2.75, 3.05) is 19.8 Å². The topological polar surface area (TPSA) is 27.7 Å². The molecule has 2 aromatic carbocycles. The largest absolute Gasteiger partial charge is 0.491 e. The number of halogens is 4. The molecule has 0 aromatic heterocycles. The zero-order valence-electron chi connectivity index (χ0n) is 21.4. The van der Waals surface area contributed by atoms with Gasteiger partial charge in [-0.05, 0) is 87.8 Å². The average molecular weight is 521 g/mol. The van der Waals surface area contributed by atoms with Crippen molar-refractivity contribution in [3.05, 3.63) is 65.8 Å². The molecule has 2 aromatic rings. The van der Waals surface area contributed by atoms with Crippen molar-refractivity contribution < 1.29 is 31.8 Å². The minimum Gasteiger partial charge on any atom is -0.491 e. The maximum absolute atomic E-state index is 14.9. The third kappa shape index (κ3) is 6.55. The molecule has 4 atom stereocenters. The number of allylic oxidation sites excluding steroid dienone is 1. The van der Waals surface area contributed by atoms with E-state index in [9.17, 15) is 17.6 Å². The molecule has 0 radical (unpaired) electrons. The second kappa shape index (κ2) is 12.9. The molecule has 0 spiro atoms. The van der Waals surface area contributed by atoms with Crippen LogP contribution in [0.2, 0.25) is 0 Å². The van der Waals surface area contributed by atoms with Gasteiger partial charge in [-0.3, -0.25) is 0 Å². The molecule has 0 amide bonds. The number of hydrogen-bond acceptors (Lipinski definition) is 3. The molecule has 0 aliphatic carbocycles. The summed E-state index contributed by atoms with van der Waals surface area (Å²) in [6, 6.07) is 5.16. The predicted molar refractivity (Wildman–Crippen MR) is 136 cm³/mol. The standard InChI is InChI=1S/C30H36F4O3/c1-3-5-6-22-12-8-20(17-36-22)21-9-13-23(37-18-21)11-7-19-10-14-24(28(32)27(19)31)25-15-16-26(35-4-2)30(34)29(25)33/h3,10,14-16,20-23H,1,4-9,11-13,17-18H2,2H3. The van der Waals surface area contributed by atoms with Gasteiger partial charge in [-0.2, -0.15) is 4.39 Å². The first kappa shape index (κ1) is 27.6. The summed E-state index contributed by atoms with van der Waals surface area (Å²) in [5, 5.41) is 0. The molecule has 2 aliphatic rings. The summed E-state index contributed by atoms with van der Waals surface area (Å²) in [7, 11) is 0. The van der Waals surface area contributed by atoms with Crippen LogP contribution in [0.5, 0.6) is 5.75 Å². The Kier molecular flexibility index (Phi) is 9.65. The average Bonchev–Trinajstić information content (AvgIpc) is 2.92. The van der Waals surface area contributed by atoms with Crippen LogP contribution in [0.3, 0.4) is 0 Å². The molecule has 7 heteroatoms. The van der Waals surface area contributed by atoms with Crippen LogP contribution >= 0.6 is 0 Å². The van der Waals surface area contributed by atoms with Gasteiger partial charge in [0, 0.05) is 11.1 Å². The smallest absolute Gasteiger partial charge is 0.201 e. The molecule has 0 bridgehead atoms. The minimum atomic E-state index is -1.27. The van der Waals surface area contributed by atoms with Gasteiger partial charge in [0.05, 0.1) is 32.0 Å². The molecule has 2 fully saturated rings. The third-order valence-electron chi connectivity index (χ3n) is 7.71. The van der Waals surface area contributed by atoms with Gasteiger partial charge >= 0.3 is 0 Å². The Hall–Kier alpha value is -2.38. The van der Waals surface area contributed by atoms with Gasteiger partial charge in [0.25, 0.3) is 0 Å². The van der Waals surface area contributed by atoms with Gasteiger partial charge < -0.3 is 14.2 Å². The molecule has 0 saturated carbocycles. The van der Waals surface area contributed by atoms with E-state index >= 15 is 0 Å². The molecular formula is C30H36F4O3. The lowest BCUT2D eigenvalue weighted by molar-refractivity contribution is -0.0817. The highest BCUT2D eigenvalue weighted by molar-refractivity contribution is 5.66. The maximum atomic E-state index is 14.9. The Balaban J connectivity index is 1.30. The van der Waals surface area contributed by atoms with Crippen LogP contribution < -0.4 is 4.74 Å². The summed E-state index contributed by atoms with van der Waals surface area (Å²) in [6.45, 7) is 7.01. The van der Waals surface area contributed by atoms with E-state index in [4.69, 9.17) is 14.2 Å². The van der Waals surface area contributed by atoms with Gasteiger partial charge in [0.1, 0.15) is 0 Å². The van der Waals surface area contributed by atoms with Gasteiger partial charge in [-0.15, -0.1) is 6.58 Å². The summed E-state index contributed by atoms with van der Waals surface area (Å²) >= 11 is 0. The summed E-state index contributed by atoms with van der Waals surface area (Å²) in [5.74, 6) is -4.00. The second-order valence-corrected chi connectivity index (χ2v) is 10.1. The fraction of sp³-hybridized carbons (Fsp3) is 0.533.